The van der Waals surface area contributed by atoms with Crippen LogP contribution in [0.2, 0.25) is 0 Å². The number of nitrogens with one attached hydrogen (secondary N) is 3. The summed E-state index contributed by atoms with van der Waals surface area (Å²) in [5.41, 5.74) is 0.605. The van der Waals surface area contributed by atoms with Crippen molar-refractivity contribution in [1.82, 2.24) is 10.6 Å². The van der Waals surface area contributed by atoms with Crippen molar-refractivity contribution >= 4 is 17.3 Å². The van der Waals surface area contributed by atoms with Crippen LogP contribution in [0.5, 0.6) is 0 Å². The van der Waals surface area contributed by atoms with Gasteiger partial charge in [-0.3, -0.25) is 15.1 Å². The maximum Gasteiger partial charge on any atom is 0.292 e. The van der Waals surface area contributed by atoms with Gasteiger partial charge in [0.2, 0.25) is 0 Å². The number of hydrogen-bond acceptors (Lipinski definition) is 4. The molecule has 0 spiro atoms. The zero-order valence-electron chi connectivity index (χ0n) is 12.7. The fourth-order valence-corrected chi connectivity index (χ4v) is 1.69. The number of aliphatic imine (C=N–C) groups is 1. The second-order valence-electron chi connectivity index (χ2n) is 4.65. The first kappa shape index (κ1) is 16.7. The molecule has 0 amide bonds. The molecule has 0 heterocycles. The van der Waals surface area contributed by atoms with Crippen LogP contribution in [0.3, 0.4) is 0 Å². The largest absolute Gasteiger partial charge is 0.378 e. The van der Waals surface area contributed by atoms with Gasteiger partial charge < -0.3 is 16.0 Å². The molecule has 0 saturated carbocycles. The zero-order valence-corrected chi connectivity index (χ0v) is 12.7. The van der Waals surface area contributed by atoms with E-state index in [-0.39, 0.29) is 10.6 Å². The minimum Gasteiger partial charge on any atom is -0.378 e. The first-order valence-corrected chi connectivity index (χ1v) is 7.03. The summed E-state index contributed by atoms with van der Waals surface area (Å²) < 4.78 is 0. The lowest BCUT2D eigenvalue weighted by Gasteiger charge is -2.16. The number of guanidine groups is 1. The Kier molecular flexibility index (Phi) is 7.00. The van der Waals surface area contributed by atoms with E-state index in [2.05, 4.69) is 34.8 Å². The summed E-state index contributed by atoms with van der Waals surface area (Å²) in [4.78, 5) is 14.6. The van der Waals surface area contributed by atoms with Crippen LogP contribution < -0.4 is 16.0 Å². The molecule has 0 aliphatic rings. The maximum absolute atomic E-state index is 10.9. The molecule has 7 nitrogen and oxygen atoms in total. The van der Waals surface area contributed by atoms with Crippen LogP contribution in [-0.2, 0) is 0 Å². The predicted octanol–water partition coefficient (Wildman–Crippen LogP) is 1.97. The van der Waals surface area contributed by atoms with Crippen LogP contribution in [0.4, 0.5) is 11.4 Å². The first-order valence-electron chi connectivity index (χ1n) is 7.03. The molecule has 1 atom stereocenters. The molecule has 1 aromatic carbocycles. The molecular weight excluding hydrogens is 270 g/mol. The topological polar surface area (TPSA) is 91.6 Å². The van der Waals surface area contributed by atoms with Crippen molar-refractivity contribution < 1.29 is 4.92 Å². The van der Waals surface area contributed by atoms with E-state index in [9.17, 15) is 10.1 Å². The normalized spacial score (nSPS) is 12.6. The first-order chi connectivity index (χ1) is 10.1. The molecule has 0 aromatic heterocycles. The molecule has 0 radical (unpaired) electrons. The molecule has 1 unspecified atom stereocenters. The lowest BCUT2D eigenvalue weighted by atomic mass is 10.2. The Hall–Kier alpha value is -2.31. The van der Waals surface area contributed by atoms with Crippen LogP contribution in [0, 0.1) is 10.1 Å². The monoisotopic (exact) mass is 293 g/mol. The highest BCUT2D eigenvalue weighted by molar-refractivity contribution is 5.79. The van der Waals surface area contributed by atoms with E-state index in [1.807, 2.05) is 0 Å². The third-order valence-corrected chi connectivity index (χ3v) is 3.05. The molecule has 0 aliphatic heterocycles. The molecule has 1 aromatic rings. The minimum absolute atomic E-state index is 0.0830. The van der Waals surface area contributed by atoms with Crippen molar-refractivity contribution in [2.24, 2.45) is 4.99 Å². The minimum atomic E-state index is -0.390. The van der Waals surface area contributed by atoms with E-state index in [4.69, 9.17) is 0 Å². The number of benzene rings is 1. The molecule has 0 aliphatic carbocycles. The van der Waals surface area contributed by atoms with Crippen LogP contribution in [0.15, 0.2) is 29.3 Å². The molecule has 0 fully saturated rings. The maximum atomic E-state index is 10.9. The predicted molar refractivity (Wildman–Crippen MR) is 85.8 cm³/mol. The molecule has 7 heteroatoms. The van der Waals surface area contributed by atoms with Crippen molar-refractivity contribution in [1.29, 1.82) is 0 Å². The van der Waals surface area contributed by atoms with Gasteiger partial charge in [0.25, 0.3) is 5.69 Å². The lowest BCUT2D eigenvalue weighted by Crippen LogP contribution is -2.43. The Morgan fingerprint density at radius 1 is 1.38 bits per heavy atom. The fourth-order valence-electron chi connectivity index (χ4n) is 1.69. The van der Waals surface area contributed by atoms with Gasteiger partial charge in [-0.15, -0.1) is 0 Å². The van der Waals surface area contributed by atoms with Crippen molar-refractivity contribution in [2.45, 2.75) is 26.3 Å². The van der Waals surface area contributed by atoms with Gasteiger partial charge >= 0.3 is 0 Å². The quantitative estimate of drug-likeness (QED) is 0.235. The van der Waals surface area contributed by atoms with Gasteiger partial charge in [-0.05, 0) is 19.4 Å². The second-order valence-corrected chi connectivity index (χ2v) is 4.65. The zero-order chi connectivity index (χ0) is 15.7. The summed E-state index contributed by atoms with van der Waals surface area (Å²) in [5.74, 6) is 0.730. The van der Waals surface area contributed by atoms with Gasteiger partial charge in [-0.1, -0.05) is 19.1 Å². The molecule has 0 bridgehead atoms. The van der Waals surface area contributed by atoms with Crippen LogP contribution in [0.1, 0.15) is 20.3 Å². The van der Waals surface area contributed by atoms with Crippen molar-refractivity contribution in [3.8, 4) is 0 Å². The molecule has 0 saturated heterocycles. The van der Waals surface area contributed by atoms with Gasteiger partial charge in [0.15, 0.2) is 5.96 Å². The van der Waals surface area contributed by atoms with Crippen LogP contribution in [-0.4, -0.2) is 37.1 Å². The molecular formula is C14H23N5O2. The second kappa shape index (κ2) is 8.78. The third-order valence-electron chi connectivity index (χ3n) is 3.05. The van der Waals surface area contributed by atoms with Gasteiger partial charge in [0.05, 0.1) is 4.92 Å². The van der Waals surface area contributed by atoms with E-state index >= 15 is 0 Å². The number of nitro benzene ring substituents is 1. The van der Waals surface area contributed by atoms with Crippen LogP contribution in [0.25, 0.3) is 0 Å². The van der Waals surface area contributed by atoms with E-state index in [0.29, 0.717) is 24.8 Å². The average Bonchev–Trinajstić information content (AvgIpc) is 2.50. The highest BCUT2D eigenvalue weighted by Crippen LogP contribution is 2.22. The van der Waals surface area contributed by atoms with Gasteiger partial charge in [0, 0.05) is 32.2 Å². The summed E-state index contributed by atoms with van der Waals surface area (Å²) in [6, 6.07) is 6.95. The van der Waals surface area contributed by atoms with E-state index in [1.165, 1.54) is 6.07 Å². The summed E-state index contributed by atoms with van der Waals surface area (Å²) in [6.45, 7) is 5.35. The van der Waals surface area contributed by atoms with Crippen molar-refractivity contribution in [3.63, 3.8) is 0 Å². The summed E-state index contributed by atoms with van der Waals surface area (Å²) >= 11 is 0. The Morgan fingerprint density at radius 2 is 2.10 bits per heavy atom. The Bertz CT molecular complexity index is 490. The molecule has 116 valence electrons. The number of nitro groups is 1. The van der Waals surface area contributed by atoms with Crippen molar-refractivity contribution in [3.05, 3.63) is 34.4 Å². The van der Waals surface area contributed by atoms with Crippen LogP contribution >= 0.6 is 0 Å². The van der Waals surface area contributed by atoms with Gasteiger partial charge in [-0.25, -0.2) is 0 Å². The molecule has 21 heavy (non-hydrogen) atoms. The summed E-state index contributed by atoms with van der Waals surface area (Å²) in [7, 11) is 1.72. The highest BCUT2D eigenvalue weighted by atomic mass is 16.6. The fraction of sp³-hybridized carbons (Fsp3) is 0.500. The number of rotatable bonds is 7. The standard InChI is InChI=1S/C14H23N5O2/c1-4-11(2)18-14(15-3)17-10-9-16-12-7-5-6-8-13(12)19(20)21/h5-8,11,16H,4,9-10H2,1-3H3,(H2,15,17,18). The third kappa shape index (κ3) is 5.68. The number of anilines is 1. The highest BCUT2D eigenvalue weighted by Gasteiger charge is 2.11. The molecule has 3 N–H and O–H groups in total. The number of nitrogens with zero attached hydrogens (tertiary/aromatic N) is 2. The molecule has 1 rings (SSSR count). The summed E-state index contributed by atoms with van der Waals surface area (Å²) in [5, 5.41) is 20.3. The number of para-hydroxylation sites is 2. The number of hydrogen-bond donors (Lipinski definition) is 3. The SMILES string of the molecule is CCC(C)NC(=NC)NCCNc1ccccc1[N+](=O)[O-]. The lowest BCUT2D eigenvalue weighted by molar-refractivity contribution is -0.384. The Labute approximate surface area is 125 Å². The van der Waals surface area contributed by atoms with E-state index in [0.717, 1.165) is 12.4 Å². The van der Waals surface area contributed by atoms with Gasteiger partial charge in [0.1, 0.15) is 5.69 Å². The van der Waals surface area contributed by atoms with Crippen molar-refractivity contribution in [2.75, 3.05) is 25.5 Å². The van der Waals surface area contributed by atoms with E-state index < -0.39 is 0 Å². The Balaban J connectivity index is 2.42. The van der Waals surface area contributed by atoms with E-state index in [1.54, 1.807) is 25.2 Å². The smallest absolute Gasteiger partial charge is 0.292 e. The summed E-state index contributed by atoms with van der Waals surface area (Å²) in [6.07, 6.45) is 1.01. The average molecular weight is 293 g/mol. The van der Waals surface area contributed by atoms with Gasteiger partial charge in [-0.2, -0.15) is 0 Å². The Morgan fingerprint density at radius 3 is 2.71 bits per heavy atom.